The summed E-state index contributed by atoms with van der Waals surface area (Å²) in [6, 6.07) is 8.42. The highest BCUT2D eigenvalue weighted by atomic mass is 16.2. The summed E-state index contributed by atoms with van der Waals surface area (Å²) in [6.45, 7) is 2.93. The first-order chi connectivity index (χ1) is 10.3. The Balaban J connectivity index is 1.41. The second-order valence-corrected chi connectivity index (χ2v) is 7.05. The Bertz CT molecular complexity index is 520. The number of hydrogen-bond donors (Lipinski definition) is 1. The number of para-hydroxylation sites is 1. The Labute approximate surface area is 126 Å². The van der Waals surface area contributed by atoms with E-state index >= 15 is 0 Å². The monoisotopic (exact) mass is 284 g/mol. The zero-order chi connectivity index (χ0) is 14.2. The minimum atomic E-state index is 0.356. The second kappa shape index (κ2) is 5.36. The standard InChI is InChI=1S/C18H24N2O/c21-18(20(11-13-5-6-13)12-14-7-8-14)9-15-10-19-17-4-2-1-3-16(15)17/h1-4,13-15,19H,5-12H2. The smallest absolute Gasteiger partial charge is 0.223 e. The van der Waals surface area contributed by atoms with Crippen LogP contribution in [-0.2, 0) is 4.79 Å². The lowest BCUT2D eigenvalue weighted by Gasteiger charge is -2.24. The molecule has 112 valence electrons. The Morgan fingerprint density at radius 3 is 2.43 bits per heavy atom. The average molecular weight is 284 g/mol. The van der Waals surface area contributed by atoms with Crippen LogP contribution in [0.3, 0.4) is 0 Å². The first kappa shape index (κ1) is 13.2. The number of amides is 1. The van der Waals surface area contributed by atoms with Gasteiger partial charge < -0.3 is 10.2 Å². The third-order valence-electron chi connectivity index (χ3n) is 5.06. The zero-order valence-corrected chi connectivity index (χ0v) is 12.6. The van der Waals surface area contributed by atoms with Crippen molar-refractivity contribution >= 4 is 11.6 Å². The fraction of sp³-hybridized carbons (Fsp3) is 0.611. The Morgan fingerprint density at radius 2 is 1.76 bits per heavy atom. The molecule has 1 aromatic carbocycles. The lowest BCUT2D eigenvalue weighted by Crippen LogP contribution is -2.35. The normalized spacial score (nSPS) is 23.5. The van der Waals surface area contributed by atoms with Crippen molar-refractivity contribution in [1.29, 1.82) is 0 Å². The van der Waals surface area contributed by atoms with Crippen molar-refractivity contribution < 1.29 is 4.79 Å². The first-order valence-corrected chi connectivity index (χ1v) is 8.40. The molecule has 0 radical (unpaired) electrons. The highest BCUT2D eigenvalue weighted by Crippen LogP contribution is 2.36. The average Bonchev–Trinajstić information content (AvgIpc) is 3.41. The van der Waals surface area contributed by atoms with Gasteiger partial charge in [0.2, 0.25) is 5.91 Å². The van der Waals surface area contributed by atoms with Crippen molar-refractivity contribution in [3.05, 3.63) is 29.8 Å². The molecule has 3 aliphatic rings. The van der Waals surface area contributed by atoms with Crippen molar-refractivity contribution in [2.24, 2.45) is 11.8 Å². The molecule has 0 aromatic heterocycles. The molecule has 2 fully saturated rings. The van der Waals surface area contributed by atoms with E-state index in [9.17, 15) is 4.79 Å². The number of rotatable bonds is 6. The summed E-state index contributed by atoms with van der Waals surface area (Å²) >= 11 is 0. The first-order valence-electron chi connectivity index (χ1n) is 8.40. The van der Waals surface area contributed by atoms with E-state index in [0.717, 1.165) is 31.5 Å². The topological polar surface area (TPSA) is 32.3 Å². The number of anilines is 1. The lowest BCUT2D eigenvalue weighted by atomic mass is 9.97. The molecule has 1 unspecified atom stereocenters. The van der Waals surface area contributed by atoms with Crippen molar-refractivity contribution in [3.8, 4) is 0 Å². The molecule has 1 aliphatic heterocycles. The number of fused-ring (bicyclic) bond motifs is 1. The van der Waals surface area contributed by atoms with Gasteiger partial charge in [0.1, 0.15) is 0 Å². The number of carbonyl (C=O) groups excluding carboxylic acids is 1. The minimum absolute atomic E-state index is 0.356. The maximum atomic E-state index is 12.7. The summed E-state index contributed by atoms with van der Waals surface area (Å²) in [6.07, 6.45) is 5.96. The van der Waals surface area contributed by atoms with Crippen LogP contribution in [0.15, 0.2) is 24.3 Å². The van der Waals surface area contributed by atoms with Gasteiger partial charge in [-0.1, -0.05) is 18.2 Å². The van der Waals surface area contributed by atoms with Gasteiger partial charge in [-0.25, -0.2) is 0 Å². The molecule has 0 saturated heterocycles. The van der Waals surface area contributed by atoms with Crippen molar-refractivity contribution in [3.63, 3.8) is 0 Å². The lowest BCUT2D eigenvalue weighted by molar-refractivity contribution is -0.132. The van der Waals surface area contributed by atoms with E-state index in [0.29, 0.717) is 18.2 Å². The van der Waals surface area contributed by atoms with E-state index in [2.05, 4.69) is 34.5 Å². The molecule has 1 aromatic rings. The molecule has 3 heteroatoms. The van der Waals surface area contributed by atoms with Crippen LogP contribution >= 0.6 is 0 Å². The third kappa shape index (κ3) is 3.07. The molecule has 3 nitrogen and oxygen atoms in total. The predicted molar refractivity (Wildman–Crippen MR) is 84.3 cm³/mol. The summed E-state index contributed by atoms with van der Waals surface area (Å²) in [5.74, 6) is 2.32. The van der Waals surface area contributed by atoms with Crippen molar-refractivity contribution in [1.82, 2.24) is 4.90 Å². The third-order valence-corrected chi connectivity index (χ3v) is 5.06. The molecule has 2 saturated carbocycles. The quantitative estimate of drug-likeness (QED) is 0.870. The summed E-state index contributed by atoms with van der Waals surface area (Å²) < 4.78 is 0. The Morgan fingerprint density at radius 1 is 1.10 bits per heavy atom. The summed E-state index contributed by atoms with van der Waals surface area (Å²) in [5.41, 5.74) is 2.54. The molecule has 1 N–H and O–H groups in total. The fourth-order valence-corrected chi connectivity index (χ4v) is 3.38. The van der Waals surface area contributed by atoms with Crippen molar-refractivity contribution in [2.45, 2.75) is 38.0 Å². The number of benzene rings is 1. The maximum absolute atomic E-state index is 12.7. The fourth-order valence-electron chi connectivity index (χ4n) is 3.38. The second-order valence-electron chi connectivity index (χ2n) is 7.05. The molecular formula is C18H24N2O. The maximum Gasteiger partial charge on any atom is 0.223 e. The summed E-state index contributed by atoms with van der Waals surface area (Å²) in [5, 5.41) is 3.43. The van der Waals surface area contributed by atoms with Gasteiger partial charge in [0.15, 0.2) is 0 Å². The molecule has 2 aliphatic carbocycles. The van der Waals surface area contributed by atoms with Crippen LogP contribution < -0.4 is 5.32 Å². The number of hydrogen-bond acceptors (Lipinski definition) is 2. The van der Waals surface area contributed by atoms with Crippen LogP contribution in [0.2, 0.25) is 0 Å². The van der Waals surface area contributed by atoms with Gasteiger partial charge >= 0.3 is 0 Å². The summed E-state index contributed by atoms with van der Waals surface area (Å²) in [7, 11) is 0. The van der Waals surface area contributed by atoms with E-state index < -0.39 is 0 Å². The van der Waals surface area contributed by atoms with Crippen molar-refractivity contribution in [2.75, 3.05) is 25.0 Å². The van der Waals surface area contributed by atoms with E-state index in [1.807, 2.05) is 0 Å². The molecule has 1 atom stereocenters. The van der Waals surface area contributed by atoms with E-state index in [1.54, 1.807) is 0 Å². The van der Waals surface area contributed by atoms with Gasteiger partial charge in [0, 0.05) is 37.7 Å². The van der Waals surface area contributed by atoms with Gasteiger partial charge in [0.05, 0.1) is 0 Å². The van der Waals surface area contributed by atoms with Crippen LogP contribution in [-0.4, -0.2) is 30.4 Å². The Kier molecular flexibility index (Phi) is 3.36. The van der Waals surface area contributed by atoms with Crippen LogP contribution in [0.1, 0.15) is 43.6 Å². The summed E-state index contributed by atoms with van der Waals surface area (Å²) in [4.78, 5) is 14.9. The highest BCUT2D eigenvalue weighted by molar-refractivity contribution is 5.78. The molecule has 1 amide bonds. The molecule has 4 rings (SSSR count). The predicted octanol–water partition coefficient (Wildman–Crippen LogP) is 3.23. The zero-order valence-electron chi connectivity index (χ0n) is 12.6. The van der Waals surface area contributed by atoms with E-state index in [-0.39, 0.29) is 0 Å². The molecular weight excluding hydrogens is 260 g/mol. The van der Waals surface area contributed by atoms with Gasteiger partial charge in [-0.15, -0.1) is 0 Å². The van der Waals surface area contributed by atoms with Gasteiger partial charge in [-0.05, 0) is 49.1 Å². The number of carbonyl (C=O) groups is 1. The number of nitrogens with zero attached hydrogens (tertiary/aromatic N) is 1. The van der Waals surface area contributed by atoms with E-state index in [1.165, 1.54) is 36.9 Å². The van der Waals surface area contributed by atoms with Gasteiger partial charge in [-0.3, -0.25) is 4.79 Å². The Hall–Kier alpha value is -1.51. The van der Waals surface area contributed by atoms with Crippen LogP contribution in [0.4, 0.5) is 5.69 Å². The highest BCUT2D eigenvalue weighted by Gasteiger charge is 2.33. The minimum Gasteiger partial charge on any atom is -0.384 e. The largest absolute Gasteiger partial charge is 0.384 e. The van der Waals surface area contributed by atoms with Gasteiger partial charge in [0.25, 0.3) is 0 Å². The van der Waals surface area contributed by atoms with Crippen LogP contribution in [0.25, 0.3) is 0 Å². The SMILES string of the molecule is O=C(CC1CNc2ccccc21)N(CC1CC1)CC1CC1. The molecule has 1 heterocycles. The van der Waals surface area contributed by atoms with E-state index in [4.69, 9.17) is 0 Å². The molecule has 0 spiro atoms. The molecule has 0 bridgehead atoms. The van der Waals surface area contributed by atoms with Gasteiger partial charge in [-0.2, -0.15) is 0 Å². The molecule has 21 heavy (non-hydrogen) atoms. The van der Waals surface area contributed by atoms with Crippen LogP contribution in [0.5, 0.6) is 0 Å². The van der Waals surface area contributed by atoms with Crippen LogP contribution in [0, 0.1) is 11.8 Å². The number of nitrogens with one attached hydrogen (secondary N) is 1.